The van der Waals surface area contributed by atoms with E-state index in [1.807, 2.05) is 0 Å². The fraction of sp³-hybridized carbons (Fsp3) is 0.556. The van der Waals surface area contributed by atoms with E-state index in [0.29, 0.717) is 11.3 Å². The number of hydrogen-bond acceptors (Lipinski definition) is 6. The van der Waals surface area contributed by atoms with Crippen LogP contribution in [-0.4, -0.2) is 44.2 Å². The fourth-order valence-corrected chi connectivity index (χ4v) is 3.76. The molecule has 0 aromatic carbocycles. The Hall–Kier alpha value is -1.23. The summed E-state index contributed by atoms with van der Waals surface area (Å²) < 4.78 is 30.8. The zero-order valence-corrected chi connectivity index (χ0v) is 11.9. The van der Waals surface area contributed by atoms with Gasteiger partial charge in [-0.25, -0.2) is 13.1 Å². The summed E-state index contributed by atoms with van der Waals surface area (Å²) in [5.74, 6) is -1.09. The highest BCUT2D eigenvalue weighted by atomic mass is 32.2. The second kappa shape index (κ2) is 6.28. The highest BCUT2D eigenvalue weighted by Crippen LogP contribution is 2.15. The highest BCUT2D eigenvalue weighted by Gasteiger charge is 2.22. The van der Waals surface area contributed by atoms with E-state index in [2.05, 4.69) is 9.71 Å². The predicted molar refractivity (Wildman–Crippen MR) is 67.9 cm³/mol. The highest BCUT2D eigenvalue weighted by molar-refractivity contribution is 7.91. The number of carboxylic acid groups (broad SMARTS) is 1. The molecule has 1 rings (SSSR count). The molecule has 0 saturated heterocycles. The van der Waals surface area contributed by atoms with Crippen molar-refractivity contribution in [2.45, 2.75) is 23.7 Å². The molecule has 10 heteroatoms. The van der Waals surface area contributed by atoms with Crippen molar-refractivity contribution >= 4 is 27.3 Å². The lowest BCUT2D eigenvalue weighted by Gasteiger charge is -2.13. The number of sulfonamides is 1. The number of rotatable bonds is 7. The number of aromatic nitrogens is 1. The van der Waals surface area contributed by atoms with Crippen molar-refractivity contribution in [1.82, 2.24) is 9.71 Å². The molecule has 1 heterocycles. The summed E-state index contributed by atoms with van der Waals surface area (Å²) in [5.41, 5.74) is 0.245. The van der Waals surface area contributed by atoms with Gasteiger partial charge in [-0.2, -0.15) is 0 Å². The van der Waals surface area contributed by atoms with Gasteiger partial charge in [0.15, 0.2) is 4.21 Å². The molecule has 0 saturated carbocycles. The molecule has 0 radical (unpaired) electrons. The van der Waals surface area contributed by atoms with Crippen molar-refractivity contribution in [2.24, 2.45) is 0 Å². The van der Waals surface area contributed by atoms with Crippen LogP contribution >= 0.6 is 11.3 Å². The van der Waals surface area contributed by atoms with Gasteiger partial charge in [-0.1, -0.05) is 11.3 Å². The van der Waals surface area contributed by atoms with Gasteiger partial charge in [-0.05, 0) is 6.92 Å². The van der Waals surface area contributed by atoms with Crippen molar-refractivity contribution in [2.75, 3.05) is 13.7 Å². The fourth-order valence-electron chi connectivity index (χ4n) is 1.35. The standard InChI is InChI=1S/C9H14N2O6S2/c1-5-8(18-9(14)11-5)19(15,16)10-4-6(17-2)3-7(12)13/h6,10H,3-4H2,1-2H3,(H,11,14)(H,12,13). The summed E-state index contributed by atoms with van der Waals surface area (Å²) in [6.45, 7) is 1.29. The zero-order chi connectivity index (χ0) is 14.6. The second-order valence-corrected chi connectivity index (χ2v) is 6.68. The molecular formula is C9H14N2O6S2. The van der Waals surface area contributed by atoms with Gasteiger partial charge in [-0.15, -0.1) is 0 Å². The van der Waals surface area contributed by atoms with Crippen molar-refractivity contribution in [3.05, 3.63) is 15.4 Å². The monoisotopic (exact) mass is 310 g/mol. The van der Waals surface area contributed by atoms with E-state index in [4.69, 9.17) is 9.84 Å². The van der Waals surface area contributed by atoms with E-state index in [1.165, 1.54) is 14.0 Å². The minimum Gasteiger partial charge on any atom is -0.481 e. The average molecular weight is 310 g/mol. The topological polar surface area (TPSA) is 126 Å². The Labute approximate surface area is 113 Å². The number of methoxy groups -OCH3 is 1. The number of carboxylic acids is 1. The summed E-state index contributed by atoms with van der Waals surface area (Å²) in [6, 6.07) is 0. The number of aryl methyl sites for hydroxylation is 1. The van der Waals surface area contributed by atoms with Crippen molar-refractivity contribution < 1.29 is 23.1 Å². The Morgan fingerprint density at radius 3 is 2.63 bits per heavy atom. The lowest BCUT2D eigenvalue weighted by atomic mass is 10.2. The van der Waals surface area contributed by atoms with Crippen LogP contribution in [0, 0.1) is 6.92 Å². The predicted octanol–water partition coefficient (Wildman–Crippen LogP) is -0.487. The molecule has 0 amide bonds. The van der Waals surface area contributed by atoms with Crippen LogP contribution in [0.2, 0.25) is 0 Å². The molecule has 1 unspecified atom stereocenters. The molecule has 108 valence electrons. The minimum atomic E-state index is -3.85. The maximum Gasteiger partial charge on any atom is 0.306 e. The van der Waals surface area contributed by atoms with Crippen LogP contribution in [0.5, 0.6) is 0 Å². The number of aromatic amines is 1. The van der Waals surface area contributed by atoms with E-state index in [0.717, 1.165) is 0 Å². The summed E-state index contributed by atoms with van der Waals surface area (Å²) >= 11 is 0.576. The molecule has 1 aromatic heterocycles. The first-order chi connectivity index (χ1) is 8.76. The van der Waals surface area contributed by atoms with E-state index in [-0.39, 0.29) is 22.9 Å². The number of nitrogens with one attached hydrogen (secondary N) is 2. The van der Waals surface area contributed by atoms with Crippen molar-refractivity contribution in [3.63, 3.8) is 0 Å². The molecule has 19 heavy (non-hydrogen) atoms. The van der Waals surface area contributed by atoms with Gasteiger partial charge >= 0.3 is 10.8 Å². The van der Waals surface area contributed by atoms with Gasteiger partial charge in [0.1, 0.15) is 0 Å². The molecule has 1 atom stereocenters. The number of hydrogen-bond donors (Lipinski definition) is 3. The normalized spacial score (nSPS) is 13.4. The lowest BCUT2D eigenvalue weighted by Crippen LogP contribution is -2.34. The van der Waals surface area contributed by atoms with Crippen LogP contribution in [0.4, 0.5) is 0 Å². The molecule has 0 aliphatic rings. The van der Waals surface area contributed by atoms with Crippen LogP contribution in [-0.2, 0) is 19.6 Å². The molecule has 0 fully saturated rings. The van der Waals surface area contributed by atoms with Gasteiger partial charge < -0.3 is 14.8 Å². The first-order valence-corrected chi connectivity index (χ1v) is 7.50. The Balaban J connectivity index is 2.78. The largest absolute Gasteiger partial charge is 0.481 e. The molecule has 1 aromatic rings. The third-order valence-corrected chi connectivity index (χ3v) is 5.29. The number of carbonyl (C=O) groups is 1. The molecule has 3 N–H and O–H groups in total. The first-order valence-electron chi connectivity index (χ1n) is 5.20. The molecule has 0 aliphatic heterocycles. The Morgan fingerprint density at radius 1 is 1.58 bits per heavy atom. The molecule has 0 spiro atoms. The lowest BCUT2D eigenvalue weighted by molar-refractivity contribution is -0.139. The Bertz CT molecular complexity index is 602. The van der Waals surface area contributed by atoms with Gasteiger partial charge in [0, 0.05) is 19.3 Å². The van der Waals surface area contributed by atoms with Crippen LogP contribution < -0.4 is 9.60 Å². The molecule has 0 bridgehead atoms. The van der Waals surface area contributed by atoms with Gasteiger partial charge in [0.05, 0.1) is 12.5 Å². The summed E-state index contributed by atoms with van der Waals surface area (Å²) in [7, 11) is -2.55. The number of aliphatic carboxylic acids is 1. The van der Waals surface area contributed by atoms with E-state index in [9.17, 15) is 18.0 Å². The van der Waals surface area contributed by atoms with Gasteiger partial charge in [0.2, 0.25) is 0 Å². The SMILES string of the molecule is COC(CNS(=O)(=O)c1sc(=O)[nH]c1C)CC(=O)O. The number of ether oxygens (including phenoxy) is 1. The molecule has 0 aliphatic carbocycles. The van der Waals surface area contributed by atoms with Crippen LogP contribution in [0.3, 0.4) is 0 Å². The van der Waals surface area contributed by atoms with Crippen LogP contribution in [0.1, 0.15) is 12.1 Å². The summed E-state index contributed by atoms with van der Waals surface area (Å²) in [6.07, 6.45) is -1.09. The average Bonchev–Trinajstić information content (AvgIpc) is 2.64. The first kappa shape index (κ1) is 15.8. The van der Waals surface area contributed by atoms with E-state index >= 15 is 0 Å². The maximum absolute atomic E-state index is 11.9. The van der Waals surface area contributed by atoms with Crippen LogP contribution in [0.25, 0.3) is 0 Å². The Morgan fingerprint density at radius 2 is 2.21 bits per heavy atom. The van der Waals surface area contributed by atoms with E-state index in [1.54, 1.807) is 0 Å². The second-order valence-electron chi connectivity index (χ2n) is 3.73. The van der Waals surface area contributed by atoms with Crippen LogP contribution in [0.15, 0.2) is 9.00 Å². The van der Waals surface area contributed by atoms with Crippen molar-refractivity contribution in [1.29, 1.82) is 0 Å². The summed E-state index contributed by atoms with van der Waals surface area (Å²) in [5, 5.41) is 8.61. The quantitative estimate of drug-likeness (QED) is 0.624. The summed E-state index contributed by atoms with van der Waals surface area (Å²) in [4.78, 5) is 23.5. The van der Waals surface area contributed by atoms with Crippen molar-refractivity contribution in [3.8, 4) is 0 Å². The smallest absolute Gasteiger partial charge is 0.306 e. The Kier molecular flexibility index (Phi) is 5.23. The third-order valence-electron chi connectivity index (χ3n) is 2.26. The van der Waals surface area contributed by atoms with Gasteiger partial charge in [0.25, 0.3) is 10.0 Å². The van der Waals surface area contributed by atoms with Gasteiger partial charge in [-0.3, -0.25) is 9.59 Å². The zero-order valence-electron chi connectivity index (χ0n) is 10.3. The van der Waals surface area contributed by atoms with E-state index < -0.39 is 27.0 Å². The minimum absolute atomic E-state index is 0.109. The number of H-pyrrole nitrogens is 1. The number of thiazole rings is 1. The maximum atomic E-state index is 11.9. The molecular weight excluding hydrogens is 296 g/mol. The molecule has 8 nitrogen and oxygen atoms in total. The third kappa shape index (κ3) is 4.42.